The number of hydrogen-bond acceptors (Lipinski definition) is 11. The number of phosphoric acid groups is 1. The second-order valence-corrected chi connectivity index (χ2v) is 19.2. The van der Waals surface area contributed by atoms with E-state index >= 15 is 0 Å². The Morgan fingerprint density at radius 2 is 0.922 bits per heavy atom. The molecular formula is C50H92NO12P. The predicted molar refractivity (Wildman–Crippen MR) is 256 cm³/mol. The van der Waals surface area contributed by atoms with Crippen molar-refractivity contribution in [2.45, 2.75) is 255 Å². The number of amides is 1. The van der Waals surface area contributed by atoms with Crippen LogP contribution in [0.15, 0.2) is 48.6 Å². The number of allylic oxidation sites excluding steroid dienone is 7. The first-order valence-electron chi connectivity index (χ1n) is 25.2. The minimum absolute atomic E-state index is 0.262. The molecule has 0 aliphatic heterocycles. The highest BCUT2D eigenvalue weighted by molar-refractivity contribution is 7.47. The average Bonchev–Trinajstić information content (AvgIpc) is 3.27. The van der Waals surface area contributed by atoms with Crippen LogP contribution in [0.25, 0.3) is 0 Å². The largest absolute Gasteiger partial charge is 0.472 e. The minimum Gasteiger partial charge on any atom is -0.393 e. The Morgan fingerprint density at radius 1 is 0.547 bits per heavy atom. The van der Waals surface area contributed by atoms with E-state index < -0.39 is 75.2 Å². The molecule has 1 fully saturated rings. The minimum atomic E-state index is -5.16. The molecule has 64 heavy (non-hydrogen) atoms. The van der Waals surface area contributed by atoms with E-state index in [0.29, 0.717) is 19.3 Å². The van der Waals surface area contributed by atoms with Crippen molar-refractivity contribution in [1.82, 2.24) is 5.32 Å². The molecule has 0 radical (unpaired) electrons. The van der Waals surface area contributed by atoms with Gasteiger partial charge in [0.1, 0.15) is 36.6 Å². The molecule has 0 aromatic carbocycles. The highest BCUT2D eigenvalue weighted by Gasteiger charge is 2.51. The smallest absolute Gasteiger partial charge is 0.393 e. The number of carbonyl (C=O) groups excluding carboxylic acids is 1. The standard InChI is InChI=1S/C50H92NO12P/c1-3-5-7-9-11-13-15-17-19-20-21-22-23-24-25-27-29-31-33-35-37-41(52)39-44(54)51-42(40-62-64(60,61)63-50-48(58)46(56)45(55)47(57)49(50)59)43(53)38-36-34-32-30-28-26-18-16-14-12-10-8-6-4-2/h14,16,23-24,28,30,36,38,41-43,45-50,52-53,55-59H,3-13,15,17-22,25-27,29,31-35,37,39-40H2,1-2H3,(H,51,54)(H,60,61)/b16-14+,24-23-,30-28+,38-36+. The van der Waals surface area contributed by atoms with Crippen molar-refractivity contribution in [3.05, 3.63) is 48.6 Å². The third-order valence-electron chi connectivity index (χ3n) is 11.9. The van der Waals surface area contributed by atoms with Crippen LogP contribution in [-0.2, 0) is 18.4 Å². The summed E-state index contributed by atoms with van der Waals surface area (Å²) in [5, 5.41) is 74.5. The van der Waals surface area contributed by atoms with Gasteiger partial charge in [0, 0.05) is 0 Å². The first kappa shape index (κ1) is 60.3. The molecule has 14 heteroatoms. The number of rotatable bonds is 41. The van der Waals surface area contributed by atoms with Crippen LogP contribution in [0, 0.1) is 0 Å². The van der Waals surface area contributed by atoms with Gasteiger partial charge in [-0.2, -0.15) is 0 Å². The summed E-state index contributed by atoms with van der Waals surface area (Å²) in [6, 6.07) is -1.27. The van der Waals surface area contributed by atoms with E-state index in [-0.39, 0.29) is 6.42 Å². The van der Waals surface area contributed by atoms with E-state index in [1.165, 1.54) is 102 Å². The SMILES string of the molecule is CCCCCC/C=C/CC/C=C/CC/C=C/C(O)C(COP(=O)(O)OC1C(O)C(O)C(O)C(O)C1O)NC(=O)CC(O)CCCCCCC/C=C\CCCCCCCCCCCCC. The molecule has 1 aliphatic rings. The second-order valence-electron chi connectivity index (χ2n) is 17.8. The lowest BCUT2D eigenvalue weighted by atomic mass is 9.85. The van der Waals surface area contributed by atoms with Crippen LogP contribution in [-0.4, -0.2) is 108 Å². The van der Waals surface area contributed by atoms with Gasteiger partial charge >= 0.3 is 7.82 Å². The maximum absolute atomic E-state index is 13.0. The molecule has 8 unspecified atom stereocenters. The summed E-state index contributed by atoms with van der Waals surface area (Å²) in [6.07, 6.45) is 33.5. The average molecular weight is 930 g/mol. The zero-order valence-electron chi connectivity index (χ0n) is 39.7. The topological polar surface area (TPSA) is 226 Å². The van der Waals surface area contributed by atoms with Crippen molar-refractivity contribution >= 4 is 13.7 Å². The molecule has 9 N–H and O–H groups in total. The lowest BCUT2D eigenvalue weighted by Crippen LogP contribution is -2.64. The van der Waals surface area contributed by atoms with E-state index in [1.807, 2.05) is 0 Å². The Labute approximate surface area is 387 Å². The van der Waals surface area contributed by atoms with E-state index in [2.05, 4.69) is 55.6 Å². The summed E-state index contributed by atoms with van der Waals surface area (Å²) >= 11 is 0. The number of phosphoric ester groups is 1. The van der Waals surface area contributed by atoms with Crippen molar-refractivity contribution in [3.8, 4) is 0 Å². The van der Waals surface area contributed by atoms with E-state index in [1.54, 1.807) is 6.08 Å². The van der Waals surface area contributed by atoms with Crippen LogP contribution in [0.4, 0.5) is 0 Å². The van der Waals surface area contributed by atoms with Crippen LogP contribution < -0.4 is 5.32 Å². The third kappa shape index (κ3) is 30.5. The molecule has 1 amide bonds. The van der Waals surface area contributed by atoms with Crippen molar-refractivity contribution in [2.24, 2.45) is 0 Å². The second kappa shape index (κ2) is 39.3. The fourth-order valence-corrected chi connectivity index (χ4v) is 8.70. The van der Waals surface area contributed by atoms with Crippen molar-refractivity contribution < 1.29 is 59.0 Å². The van der Waals surface area contributed by atoms with Gasteiger partial charge in [0.15, 0.2) is 0 Å². The normalized spacial score (nSPS) is 23.1. The summed E-state index contributed by atoms with van der Waals surface area (Å²) in [5.41, 5.74) is 0. The predicted octanol–water partition coefficient (Wildman–Crippen LogP) is 9.09. The highest BCUT2D eigenvalue weighted by atomic mass is 31.2. The molecule has 0 saturated heterocycles. The Morgan fingerprint density at radius 3 is 1.39 bits per heavy atom. The molecule has 0 aromatic rings. The molecule has 374 valence electrons. The van der Waals surface area contributed by atoms with Crippen LogP contribution >= 0.6 is 7.82 Å². The van der Waals surface area contributed by atoms with Gasteiger partial charge in [0.25, 0.3) is 0 Å². The zero-order valence-corrected chi connectivity index (χ0v) is 40.6. The van der Waals surface area contributed by atoms with Gasteiger partial charge in [-0.05, 0) is 70.6 Å². The first-order chi connectivity index (χ1) is 30.8. The highest BCUT2D eigenvalue weighted by Crippen LogP contribution is 2.47. The number of carbonyl (C=O) groups is 1. The molecule has 0 heterocycles. The van der Waals surface area contributed by atoms with Crippen LogP contribution in [0.3, 0.4) is 0 Å². The lowest BCUT2D eigenvalue weighted by molar-refractivity contribution is -0.220. The van der Waals surface area contributed by atoms with Gasteiger partial charge in [-0.3, -0.25) is 13.8 Å². The Hall–Kier alpha value is -1.74. The van der Waals surface area contributed by atoms with Gasteiger partial charge in [-0.1, -0.05) is 172 Å². The zero-order chi connectivity index (χ0) is 47.3. The molecular weight excluding hydrogens is 838 g/mol. The lowest BCUT2D eigenvalue weighted by Gasteiger charge is -2.41. The summed E-state index contributed by atoms with van der Waals surface area (Å²) in [5.74, 6) is -0.613. The van der Waals surface area contributed by atoms with Gasteiger partial charge in [0.05, 0.1) is 31.3 Å². The van der Waals surface area contributed by atoms with Crippen molar-refractivity contribution in [2.75, 3.05) is 6.61 Å². The monoisotopic (exact) mass is 930 g/mol. The van der Waals surface area contributed by atoms with E-state index in [4.69, 9.17) is 9.05 Å². The molecule has 1 saturated carbocycles. The molecule has 0 spiro atoms. The third-order valence-corrected chi connectivity index (χ3v) is 12.8. The number of unbranched alkanes of at least 4 members (excludes halogenated alkanes) is 22. The first-order valence-corrected chi connectivity index (χ1v) is 26.7. The molecule has 13 nitrogen and oxygen atoms in total. The molecule has 8 atom stereocenters. The summed E-state index contributed by atoms with van der Waals surface area (Å²) in [4.78, 5) is 23.5. The maximum Gasteiger partial charge on any atom is 0.472 e. The Balaban J connectivity index is 2.50. The number of aliphatic hydroxyl groups excluding tert-OH is 7. The molecule has 0 bridgehead atoms. The molecule has 1 aliphatic carbocycles. The number of hydrogen-bond donors (Lipinski definition) is 9. The molecule has 0 aromatic heterocycles. The van der Waals surface area contributed by atoms with Crippen molar-refractivity contribution in [3.63, 3.8) is 0 Å². The van der Waals surface area contributed by atoms with Crippen LogP contribution in [0.1, 0.15) is 200 Å². The number of nitrogens with one attached hydrogen (secondary N) is 1. The van der Waals surface area contributed by atoms with Crippen LogP contribution in [0.2, 0.25) is 0 Å². The fourth-order valence-electron chi connectivity index (χ4n) is 7.74. The Kier molecular flexibility index (Phi) is 37.0. The van der Waals surface area contributed by atoms with Gasteiger partial charge in [-0.25, -0.2) is 4.57 Å². The summed E-state index contributed by atoms with van der Waals surface area (Å²) in [7, 11) is -5.16. The fraction of sp³-hybridized carbons (Fsp3) is 0.820. The molecule has 1 rings (SSSR count). The van der Waals surface area contributed by atoms with Crippen molar-refractivity contribution in [1.29, 1.82) is 0 Å². The Bertz CT molecular complexity index is 1280. The van der Waals surface area contributed by atoms with E-state index in [9.17, 15) is 50.0 Å². The summed E-state index contributed by atoms with van der Waals surface area (Å²) < 4.78 is 22.9. The maximum atomic E-state index is 13.0. The van der Waals surface area contributed by atoms with Gasteiger partial charge < -0.3 is 46.0 Å². The van der Waals surface area contributed by atoms with Gasteiger partial charge in [-0.15, -0.1) is 0 Å². The quantitative estimate of drug-likeness (QED) is 0.0159. The van der Waals surface area contributed by atoms with E-state index in [0.717, 1.165) is 64.2 Å². The van der Waals surface area contributed by atoms with Gasteiger partial charge in [0.2, 0.25) is 5.91 Å². The summed E-state index contributed by atoms with van der Waals surface area (Å²) in [6.45, 7) is 3.71. The van der Waals surface area contributed by atoms with Crippen LogP contribution in [0.5, 0.6) is 0 Å². The number of aliphatic hydroxyl groups is 7.